The van der Waals surface area contributed by atoms with Gasteiger partial charge in [0.25, 0.3) is 0 Å². The lowest BCUT2D eigenvalue weighted by atomic mass is 10.6. The van der Waals surface area contributed by atoms with E-state index in [1.165, 1.54) is 5.69 Å². The minimum Gasteiger partial charge on any atom is -0.273 e. The molecule has 0 unspecified atom stereocenters. The Morgan fingerprint density at radius 1 is 1.62 bits per heavy atom. The fourth-order valence-electron chi connectivity index (χ4n) is 0.543. The first-order valence-corrected chi connectivity index (χ1v) is 3.35. The summed E-state index contributed by atoms with van der Waals surface area (Å²) >= 11 is 2.22. The quantitative estimate of drug-likeness (QED) is 0.611. The summed E-state index contributed by atoms with van der Waals surface area (Å²) in [5.41, 5.74) is 1.20. The average molecular weight is 222 g/mol. The zero-order valence-electron chi connectivity index (χ0n) is 4.85. The number of hydrogen-bond acceptors (Lipinski definition) is 1. The van der Waals surface area contributed by atoms with Crippen molar-refractivity contribution in [1.29, 1.82) is 0 Å². The summed E-state index contributed by atoms with van der Waals surface area (Å²) in [5, 5.41) is 0. The third kappa shape index (κ3) is 0.866. The Morgan fingerprint density at radius 3 is 2.38 bits per heavy atom. The van der Waals surface area contributed by atoms with E-state index in [0.29, 0.717) is 0 Å². The molecule has 0 saturated heterocycles. The molecule has 44 valence electrons. The van der Waals surface area contributed by atoms with E-state index in [-0.39, 0.29) is 0 Å². The summed E-state index contributed by atoms with van der Waals surface area (Å²) in [6, 6.07) is 0. The van der Waals surface area contributed by atoms with Gasteiger partial charge in [0.1, 0.15) is 5.82 Å². The van der Waals surface area contributed by atoms with Gasteiger partial charge >= 0.3 is 0 Å². The van der Waals surface area contributed by atoms with Crippen LogP contribution < -0.4 is 0 Å². The van der Waals surface area contributed by atoms with Crippen LogP contribution in [0.5, 0.6) is 0 Å². The molecule has 0 aromatic carbocycles. The van der Waals surface area contributed by atoms with Crippen LogP contribution in [0.15, 0.2) is 6.20 Å². The Balaban J connectivity index is 3.19. The molecule has 0 aliphatic rings. The molecule has 0 N–H and O–H groups in total. The van der Waals surface area contributed by atoms with Crippen LogP contribution in [0.3, 0.4) is 0 Å². The molecule has 0 spiro atoms. The summed E-state index contributed by atoms with van der Waals surface area (Å²) in [6.45, 7) is 4.02. The van der Waals surface area contributed by atoms with Crippen molar-refractivity contribution in [3.63, 3.8) is 0 Å². The fraction of sp³-hybridized carbons (Fsp3) is 0.400. The van der Waals surface area contributed by atoms with E-state index >= 15 is 0 Å². The highest BCUT2D eigenvalue weighted by atomic mass is 127. The SMILES string of the molecule is Cc1cnc(C)n1I. The summed E-state index contributed by atoms with van der Waals surface area (Å²) < 4.78 is 2.03. The van der Waals surface area contributed by atoms with E-state index in [4.69, 9.17) is 0 Å². The second kappa shape index (κ2) is 2.05. The molecule has 1 rings (SSSR count). The highest BCUT2D eigenvalue weighted by Gasteiger charge is 1.94. The maximum Gasteiger partial charge on any atom is 0.114 e. The van der Waals surface area contributed by atoms with Crippen molar-refractivity contribution in [2.45, 2.75) is 13.8 Å². The fourth-order valence-corrected chi connectivity index (χ4v) is 0.793. The van der Waals surface area contributed by atoms with Gasteiger partial charge in [0.05, 0.1) is 22.9 Å². The van der Waals surface area contributed by atoms with Gasteiger partial charge in [-0.2, -0.15) is 0 Å². The standard InChI is InChI=1S/C5H7IN2/c1-4-3-7-5(2)8(4)6/h3H,1-2H3. The second-order valence-corrected chi connectivity index (χ2v) is 2.69. The van der Waals surface area contributed by atoms with Crippen molar-refractivity contribution in [2.75, 3.05) is 0 Å². The first kappa shape index (κ1) is 6.07. The lowest BCUT2D eigenvalue weighted by molar-refractivity contribution is 1.10. The van der Waals surface area contributed by atoms with Crippen LogP contribution in [-0.4, -0.2) is 7.76 Å². The van der Waals surface area contributed by atoms with Crippen LogP contribution in [0.4, 0.5) is 0 Å². The van der Waals surface area contributed by atoms with Gasteiger partial charge in [-0.15, -0.1) is 0 Å². The molecular formula is C5H7IN2. The highest BCUT2D eigenvalue weighted by molar-refractivity contribution is 14.1. The van der Waals surface area contributed by atoms with E-state index in [1.54, 1.807) is 0 Å². The van der Waals surface area contributed by atoms with Crippen LogP contribution in [0.2, 0.25) is 0 Å². The van der Waals surface area contributed by atoms with E-state index in [2.05, 4.69) is 27.8 Å². The molecule has 1 heterocycles. The Bertz CT molecular complexity index is 173. The second-order valence-electron chi connectivity index (χ2n) is 1.73. The predicted octanol–water partition coefficient (Wildman–Crippen LogP) is 1.70. The van der Waals surface area contributed by atoms with Crippen molar-refractivity contribution in [3.8, 4) is 0 Å². The van der Waals surface area contributed by atoms with Crippen molar-refractivity contribution in [3.05, 3.63) is 17.7 Å². The number of aryl methyl sites for hydroxylation is 2. The van der Waals surface area contributed by atoms with Crippen LogP contribution in [0.1, 0.15) is 11.5 Å². The van der Waals surface area contributed by atoms with E-state index in [9.17, 15) is 0 Å². The molecule has 0 fully saturated rings. The van der Waals surface area contributed by atoms with Gasteiger partial charge in [-0.3, -0.25) is 2.78 Å². The van der Waals surface area contributed by atoms with Gasteiger partial charge < -0.3 is 0 Å². The Hall–Kier alpha value is -0.0600. The van der Waals surface area contributed by atoms with Gasteiger partial charge in [0.2, 0.25) is 0 Å². The van der Waals surface area contributed by atoms with Gasteiger partial charge in [-0.05, 0) is 13.8 Å². The maximum absolute atomic E-state index is 4.07. The lowest BCUT2D eigenvalue weighted by Crippen LogP contribution is -1.83. The smallest absolute Gasteiger partial charge is 0.114 e. The number of halogens is 1. The Kier molecular flexibility index (Phi) is 1.55. The zero-order valence-corrected chi connectivity index (χ0v) is 7.01. The summed E-state index contributed by atoms with van der Waals surface area (Å²) in [7, 11) is 0. The number of aromatic nitrogens is 2. The number of nitrogens with zero attached hydrogens (tertiary/aromatic N) is 2. The number of imidazole rings is 1. The van der Waals surface area contributed by atoms with Crippen molar-refractivity contribution < 1.29 is 0 Å². The maximum atomic E-state index is 4.07. The summed E-state index contributed by atoms with van der Waals surface area (Å²) in [4.78, 5) is 4.07. The minimum atomic E-state index is 1.06. The molecule has 3 heteroatoms. The monoisotopic (exact) mass is 222 g/mol. The first-order chi connectivity index (χ1) is 3.72. The largest absolute Gasteiger partial charge is 0.273 e. The Morgan fingerprint density at radius 2 is 2.25 bits per heavy atom. The molecule has 2 nitrogen and oxygen atoms in total. The molecule has 8 heavy (non-hydrogen) atoms. The van der Waals surface area contributed by atoms with Crippen molar-refractivity contribution in [2.24, 2.45) is 0 Å². The molecule has 0 amide bonds. The van der Waals surface area contributed by atoms with Crippen molar-refractivity contribution in [1.82, 2.24) is 7.76 Å². The van der Waals surface area contributed by atoms with E-state index < -0.39 is 0 Å². The van der Waals surface area contributed by atoms with E-state index in [0.717, 1.165) is 5.82 Å². The van der Waals surface area contributed by atoms with Crippen LogP contribution in [-0.2, 0) is 0 Å². The number of rotatable bonds is 0. The summed E-state index contributed by atoms with van der Waals surface area (Å²) in [6.07, 6.45) is 1.86. The minimum absolute atomic E-state index is 1.06. The third-order valence-corrected chi connectivity index (χ3v) is 2.49. The molecule has 0 radical (unpaired) electrons. The van der Waals surface area contributed by atoms with Gasteiger partial charge in [0.15, 0.2) is 0 Å². The van der Waals surface area contributed by atoms with Gasteiger partial charge in [-0.25, -0.2) is 4.98 Å². The zero-order chi connectivity index (χ0) is 6.15. The average Bonchev–Trinajstić information content (AvgIpc) is 1.98. The third-order valence-electron chi connectivity index (χ3n) is 1.03. The van der Waals surface area contributed by atoms with Crippen molar-refractivity contribution >= 4 is 22.9 Å². The summed E-state index contributed by atoms with van der Waals surface area (Å²) in [5.74, 6) is 1.06. The molecule has 0 aliphatic heterocycles. The molecule has 0 atom stereocenters. The van der Waals surface area contributed by atoms with Crippen LogP contribution >= 0.6 is 22.9 Å². The van der Waals surface area contributed by atoms with Gasteiger partial charge in [-0.1, -0.05) is 0 Å². The molecular weight excluding hydrogens is 215 g/mol. The highest BCUT2D eigenvalue weighted by Crippen LogP contribution is 2.05. The lowest BCUT2D eigenvalue weighted by Gasteiger charge is -1.90. The molecule has 1 aromatic rings. The van der Waals surface area contributed by atoms with Gasteiger partial charge in [0, 0.05) is 11.9 Å². The van der Waals surface area contributed by atoms with Crippen LogP contribution in [0, 0.1) is 13.8 Å². The Labute approximate surface area is 62.4 Å². The number of hydrogen-bond donors (Lipinski definition) is 0. The normalized spacial score (nSPS) is 9.88. The molecule has 0 aliphatic carbocycles. The van der Waals surface area contributed by atoms with E-state index in [1.807, 2.05) is 22.8 Å². The molecule has 0 bridgehead atoms. The topological polar surface area (TPSA) is 17.8 Å². The first-order valence-electron chi connectivity index (χ1n) is 2.39. The predicted molar refractivity (Wildman–Crippen MR) is 41.1 cm³/mol. The van der Waals surface area contributed by atoms with Crippen LogP contribution in [0.25, 0.3) is 0 Å². The molecule has 0 saturated carbocycles. The molecule has 1 aromatic heterocycles.